The molecule has 1 spiro atoms. The number of aliphatic imine (C=N–C) groups is 1. The molecule has 1 saturated heterocycles. The van der Waals surface area contributed by atoms with Crippen LogP contribution in [0.5, 0.6) is 0 Å². The van der Waals surface area contributed by atoms with Gasteiger partial charge >= 0.3 is 6.03 Å². The summed E-state index contributed by atoms with van der Waals surface area (Å²) in [4.78, 5) is 16.3. The smallest absolute Gasteiger partial charge is 0.348 e. The Morgan fingerprint density at radius 1 is 1.73 bits per heavy atom. The first-order chi connectivity index (χ1) is 5.29. The largest absolute Gasteiger partial charge is 0.363 e. The molecule has 3 aliphatic heterocycles. The molecular weight excluding hydrogens is 144 g/mol. The van der Waals surface area contributed by atoms with E-state index >= 15 is 0 Å². The maximum Gasteiger partial charge on any atom is 0.348 e. The number of carbonyl (C=O) groups excluding carboxylic acids is 1. The van der Waals surface area contributed by atoms with Gasteiger partial charge in [0, 0.05) is 0 Å². The summed E-state index contributed by atoms with van der Waals surface area (Å²) in [7, 11) is 0. The van der Waals surface area contributed by atoms with Gasteiger partial charge < -0.3 is 4.74 Å². The molecule has 0 aromatic rings. The van der Waals surface area contributed by atoms with Crippen molar-refractivity contribution in [3.63, 3.8) is 0 Å². The third-order valence-electron chi connectivity index (χ3n) is 2.20. The Morgan fingerprint density at radius 2 is 2.55 bits per heavy atom. The van der Waals surface area contributed by atoms with Crippen molar-refractivity contribution in [3.05, 3.63) is 11.8 Å². The summed E-state index contributed by atoms with van der Waals surface area (Å²) in [5.41, 5.74) is 0.768. The second-order valence-electron chi connectivity index (χ2n) is 3.05. The van der Waals surface area contributed by atoms with E-state index in [4.69, 9.17) is 4.74 Å². The normalized spacial score (nSPS) is 38.4. The molecule has 3 rings (SSSR count). The molecule has 2 amide bonds. The highest BCUT2D eigenvalue weighted by molar-refractivity contribution is 6.01. The van der Waals surface area contributed by atoms with Crippen LogP contribution in [0.4, 0.5) is 4.79 Å². The summed E-state index contributed by atoms with van der Waals surface area (Å²) in [5.74, 6) is 0. The Labute approximate surface area is 63.2 Å². The summed E-state index contributed by atoms with van der Waals surface area (Å²) in [6.45, 7) is 1.40. The molecule has 0 bridgehead atoms. The third-order valence-corrected chi connectivity index (χ3v) is 2.20. The molecule has 0 radical (unpaired) electrons. The maximum atomic E-state index is 11.0. The number of fused-ring (bicyclic) bond motifs is 1. The van der Waals surface area contributed by atoms with Crippen LogP contribution in [0.3, 0.4) is 0 Å². The van der Waals surface area contributed by atoms with Crippen LogP contribution in [-0.2, 0) is 4.74 Å². The van der Waals surface area contributed by atoms with Gasteiger partial charge in [0.1, 0.15) is 5.60 Å². The third kappa shape index (κ3) is 0.574. The molecule has 0 saturated carbocycles. The number of ether oxygens (including phenoxy) is 1. The predicted octanol–water partition coefficient (Wildman–Crippen LogP) is 0.159. The molecule has 0 aromatic carbocycles. The number of rotatable bonds is 0. The highest BCUT2D eigenvalue weighted by Crippen LogP contribution is 2.38. The molecule has 0 N–H and O–H groups in total. The fraction of sp³-hybridized carbons (Fsp3) is 0.429. The molecule has 1 unspecified atom stereocenters. The average Bonchev–Trinajstić information content (AvgIpc) is 2.48. The van der Waals surface area contributed by atoms with Crippen LogP contribution < -0.4 is 0 Å². The Bertz CT molecular complexity index is 302. The Hall–Kier alpha value is -1.16. The number of carbonyl (C=O) groups is 1. The first-order valence-corrected chi connectivity index (χ1v) is 3.52. The minimum absolute atomic E-state index is 0.128. The fourth-order valence-electron chi connectivity index (χ4n) is 1.50. The van der Waals surface area contributed by atoms with Crippen molar-refractivity contribution in [2.24, 2.45) is 4.99 Å². The number of allylic oxidation sites excluding steroid dienone is 1. The molecule has 1 atom stereocenters. The number of epoxide rings is 1. The Morgan fingerprint density at radius 3 is 3.18 bits per heavy atom. The highest BCUT2D eigenvalue weighted by atomic mass is 16.6. The van der Waals surface area contributed by atoms with E-state index < -0.39 is 0 Å². The zero-order chi connectivity index (χ0) is 7.47. The standard InChI is InChI=1S/C7H6N2O2/c10-6-8-2-5-1-7(4-11-7)3-9(5)6/h1-2H,3-4H2. The van der Waals surface area contributed by atoms with Gasteiger partial charge in [0.15, 0.2) is 0 Å². The first kappa shape index (κ1) is 5.49. The van der Waals surface area contributed by atoms with Gasteiger partial charge in [0.05, 0.1) is 25.1 Å². The van der Waals surface area contributed by atoms with Crippen molar-refractivity contribution in [1.29, 1.82) is 0 Å². The lowest BCUT2D eigenvalue weighted by Crippen LogP contribution is -2.26. The van der Waals surface area contributed by atoms with Gasteiger partial charge in [-0.25, -0.2) is 4.79 Å². The van der Waals surface area contributed by atoms with E-state index in [9.17, 15) is 4.79 Å². The molecule has 4 nitrogen and oxygen atoms in total. The van der Waals surface area contributed by atoms with E-state index in [0.717, 1.165) is 12.3 Å². The van der Waals surface area contributed by atoms with Crippen molar-refractivity contribution >= 4 is 12.2 Å². The van der Waals surface area contributed by atoms with Crippen molar-refractivity contribution in [2.75, 3.05) is 13.2 Å². The Kier molecular flexibility index (Phi) is 0.688. The van der Waals surface area contributed by atoms with Crippen LogP contribution in [-0.4, -0.2) is 35.9 Å². The molecule has 4 heteroatoms. The summed E-state index contributed by atoms with van der Waals surface area (Å²) in [6.07, 6.45) is 3.57. The topological polar surface area (TPSA) is 45.2 Å². The van der Waals surface area contributed by atoms with Crippen molar-refractivity contribution in [3.8, 4) is 0 Å². The van der Waals surface area contributed by atoms with E-state index in [2.05, 4.69) is 4.99 Å². The van der Waals surface area contributed by atoms with Crippen molar-refractivity contribution in [1.82, 2.24) is 4.90 Å². The lowest BCUT2D eigenvalue weighted by atomic mass is 10.2. The van der Waals surface area contributed by atoms with Gasteiger partial charge in [-0.1, -0.05) is 0 Å². The SMILES string of the molecule is O=C1N=CC2=CC3(CO3)CN12. The van der Waals surface area contributed by atoms with Crippen LogP contribution >= 0.6 is 0 Å². The molecule has 1 fully saturated rings. The van der Waals surface area contributed by atoms with Gasteiger partial charge in [-0.05, 0) is 6.08 Å². The van der Waals surface area contributed by atoms with Crippen molar-refractivity contribution in [2.45, 2.75) is 5.60 Å². The van der Waals surface area contributed by atoms with E-state index in [1.807, 2.05) is 6.08 Å². The van der Waals surface area contributed by atoms with Crippen LogP contribution in [0.15, 0.2) is 16.8 Å². The van der Waals surface area contributed by atoms with Gasteiger partial charge in [-0.3, -0.25) is 4.90 Å². The zero-order valence-corrected chi connectivity index (χ0v) is 5.78. The van der Waals surface area contributed by atoms with Crippen LogP contribution in [0.25, 0.3) is 0 Å². The van der Waals surface area contributed by atoms with Gasteiger partial charge in [-0.15, -0.1) is 0 Å². The first-order valence-electron chi connectivity index (χ1n) is 3.52. The monoisotopic (exact) mass is 150 g/mol. The number of hydrogen-bond donors (Lipinski definition) is 0. The molecule has 0 aliphatic carbocycles. The molecule has 3 aliphatic rings. The average molecular weight is 150 g/mol. The molecule has 3 heterocycles. The highest BCUT2D eigenvalue weighted by Gasteiger charge is 2.51. The minimum Gasteiger partial charge on any atom is -0.363 e. The second-order valence-corrected chi connectivity index (χ2v) is 3.05. The summed E-state index contributed by atoms with van der Waals surface area (Å²) in [6, 6.07) is -0.163. The second kappa shape index (κ2) is 1.38. The van der Waals surface area contributed by atoms with Gasteiger partial charge in [-0.2, -0.15) is 4.99 Å². The van der Waals surface area contributed by atoms with Crippen molar-refractivity contribution < 1.29 is 9.53 Å². The van der Waals surface area contributed by atoms with Gasteiger partial charge in [0.2, 0.25) is 0 Å². The summed E-state index contributed by atoms with van der Waals surface area (Å²) >= 11 is 0. The summed E-state index contributed by atoms with van der Waals surface area (Å²) < 4.78 is 5.21. The number of amides is 2. The number of hydrogen-bond acceptors (Lipinski definition) is 2. The quantitative estimate of drug-likeness (QED) is 0.462. The van der Waals surface area contributed by atoms with E-state index in [-0.39, 0.29) is 11.6 Å². The van der Waals surface area contributed by atoms with E-state index in [1.54, 1.807) is 11.1 Å². The minimum atomic E-state index is -0.163. The maximum absolute atomic E-state index is 11.0. The lowest BCUT2D eigenvalue weighted by Gasteiger charge is -2.08. The predicted molar refractivity (Wildman–Crippen MR) is 37.4 cm³/mol. The molecular formula is C7H6N2O2. The van der Waals surface area contributed by atoms with E-state index in [1.165, 1.54) is 0 Å². The number of urea groups is 1. The fourth-order valence-corrected chi connectivity index (χ4v) is 1.50. The molecule has 11 heavy (non-hydrogen) atoms. The van der Waals surface area contributed by atoms with Crippen LogP contribution in [0.1, 0.15) is 0 Å². The lowest BCUT2D eigenvalue weighted by molar-refractivity contribution is 0.221. The van der Waals surface area contributed by atoms with Gasteiger partial charge in [0.25, 0.3) is 0 Å². The zero-order valence-electron chi connectivity index (χ0n) is 5.78. The molecule has 56 valence electrons. The van der Waals surface area contributed by atoms with E-state index in [0.29, 0.717) is 6.54 Å². The Balaban J connectivity index is 2.05. The molecule has 0 aromatic heterocycles. The summed E-state index contributed by atoms with van der Waals surface area (Å²) in [5, 5.41) is 0. The number of nitrogens with zero attached hydrogens (tertiary/aromatic N) is 2. The van der Waals surface area contributed by atoms with Crippen LogP contribution in [0, 0.1) is 0 Å². The van der Waals surface area contributed by atoms with Crippen LogP contribution in [0.2, 0.25) is 0 Å².